The van der Waals surface area contributed by atoms with Gasteiger partial charge in [0, 0.05) is 44.5 Å². The molecule has 4 rings (SSSR count). The Bertz CT molecular complexity index is 959. The first-order chi connectivity index (χ1) is 14.9. The van der Waals surface area contributed by atoms with Gasteiger partial charge in [-0.05, 0) is 26.8 Å². The fourth-order valence-corrected chi connectivity index (χ4v) is 3.96. The van der Waals surface area contributed by atoms with E-state index in [0.717, 1.165) is 55.6 Å². The van der Waals surface area contributed by atoms with E-state index < -0.39 is 12.1 Å². The highest BCUT2D eigenvalue weighted by Gasteiger charge is 2.45. The van der Waals surface area contributed by atoms with Gasteiger partial charge in [-0.3, -0.25) is 4.90 Å². The molecular weight excluding hydrogens is 431 g/mol. The van der Waals surface area contributed by atoms with Crippen LogP contribution >= 0.6 is 0 Å². The monoisotopic (exact) mass is 457 g/mol. The molecule has 0 amide bonds. The Morgan fingerprint density at radius 2 is 2.03 bits per heavy atom. The van der Waals surface area contributed by atoms with Gasteiger partial charge in [0.05, 0.1) is 30.0 Å². The minimum atomic E-state index is -5.08. The van der Waals surface area contributed by atoms with Gasteiger partial charge >= 0.3 is 12.1 Å². The van der Waals surface area contributed by atoms with Crippen LogP contribution in [0.15, 0.2) is 10.7 Å². The zero-order valence-electron chi connectivity index (χ0n) is 18.4. The smallest absolute Gasteiger partial charge is 0.475 e. The number of aromatic nitrogens is 3. The van der Waals surface area contributed by atoms with Crippen LogP contribution in [0.1, 0.15) is 34.7 Å². The molecule has 0 aromatic carbocycles. The molecule has 2 aromatic heterocycles. The van der Waals surface area contributed by atoms with Crippen molar-refractivity contribution < 1.29 is 32.3 Å². The summed E-state index contributed by atoms with van der Waals surface area (Å²) in [5.74, 6) is -1.08. The first kappa shape index (κ1) is 23.9. The van der Waals surface area contributed by atoms with Crippen LogP contribution < -0.4 is 4.90 Å². The second-order valence-electron chi connectivity index (χ2n) is 8.28. The number of ether oxygens (including phenoxy) is 1. The summed E-state index contributed by atoms with van der Waals surface area (Å²) in [5.41, 5.74) is 4.43. The number of halogens is 3. The van der Waals surface area contributed by atoms with E-state index in [1.807, 2.05) is 39.0 Å². The zero-order chi connectivity index (χ0) is 23.7. The Labute approximate surface area is 183 Å². The quantitative estimate of drug-likeness (QED) is 0.744. The Morgan fingerprint density at radius 3 is 2.59 bits per heavy atom. The largest absolute Gasteiger partial charge is 0.490 e. The van der Waals surface area contributed by atoms with Gasteiger partial charge in [-0.2, -0.15) is 13.2 Å². The van der Waals surface area contributed by atoms with Gasteiger partial charge in [0.1, 0.15) is 5.76 Å². The number of hydrogen-bond acceptors (Lipinski definition) is 8. The molecule has 1 unspecified atom stereocenters. The third-order valence-corrected chi connectivity index (χ3v) is 5.63. The number of aryl methyl sites for hydroxylation is 2. The fraction of sp³-hybridized carbons (Fsp3) is 0.600. The molecule has 0 saturated carbocycles. The van der Waals surface area contributed by atoms with Crippen LogP contribution in [-0.2, 0) is 28.1 Å². The summed E-state index contributed by atoms with van der Waals surface area (Å²) in [6.07, 6.45) is -2.11. The Morgan fingerprint density at radius 1 is 1.34 bits per heavy atom. The van der Waals surface area contributed by atoms with Gasteiger partial charge in [0.25, 0.3) is 0 Å². The topological polar surface area (TPSA) is 105 Å². The maximum Gasteiger partial charge on any atom is 0.490 e. The van der Waals surface area contributed by atoms with Crippen LogP contribution in [-0.4, -0.2) is 71.1 Å². The van der Waals surface area contributed by atoms with Crippen molar-refractivity contribution in [1.29, 1.82) is 0 Å². The molecule has 2 aliphatic heterocycles. The van der Waals surface area contributed by atoms with Gasteiger partial charge in [-0.1, -0.05) is 5.16 Å². The molecule has 0 bridgehead atoms. The Hall–Kier alpha value is -2.73. The number of rotatable bonds is 3. The van der Waals surface area contributed by atoms with Crippen molar-refractivity contribution >= 4 is 11.9 Å². The number of carboxylic acid groups (broad SMARTS) is 1. The SMILES string of the molecule is Cc1noc(C)c1CN1CCC2(COCc3cnc(N(C)C)nc32)C1.O=C(O)C(F)(F)F. The molecule has 176 valence electrons. The van der Waals surface area contributed by atoms with E-state index in [9.17, 15) is 13.2 Å². The summed E-state index contributed by atoms with van der Waals surface area (Å²) in [6.45, 7) is 8.15. The van der Waals surface area contributed by atoms with Crippen molar-refractivity contribution in [1.82, 2.24) is 20.0 Å². The van der Waals surface area contributed by atoms with Crippen molar-refractivity contribution in [3.63, 3.8) is 0 Å². The minimum absolute atomic E-state index is 0.0414. The van der Waals surface area contributed by atoms with Crippen LogP contribution in [0, 0.1) is 13.8 Å². The van der Waals surface area contributed by atoms with Crippen molar-refractivity contribution in [3.05, 3.63) is 34.5 Å². The number of anilines is 1. The van der Waals surface area contributed by atoms with Crippen molar-refractivity contribution in [2.75, 3.05) is 38.7 Å². The molecule has 1 saturated heterocycles. The highest BCUT2D eigenvalue weighted by molar-refractivity contribution is 5.73. The number of hydrogen-bond donors (Lipinski definition) is 1. The highest BCUT2D eigenvalue weighted by atomic mass is 19.4. The van der Waals surface area contributed by atoms with Gasteiger partial charge in [-0.15, -0.1) is 0 Å². The first-order valence-electron chi connectivity index (χ1n) is 9.98. The molecule has 1 spiro atoms. The molecule has 0 aliphatic carbocycles. The summed E-state index contributed by atoms with van der Waals surface area (Å²) in [6, 6.07) is 0. The molecule has 1 fully saturated rings. The summed E-state index contributed by atoms with van der Waals surface area (Å²) < 4.78 is 43.0. The number of fused-ring (bicyclic) bond motifs is 2. The fourth-order valence-electron chi connectivity index (χ4n) is 3.96. The van der Waals surface area contributed by atoms with Crippen molar-refractivity contribution in [2.45, 2.75) is 45.0 Å². The number of nitrogens with zero attached hydrogens (tertiary/aromatic N) is 5. The number of carbonyl (C=O) groups is 1. The minimum Gasteiger partial charge on any atom is -0.475 e. The van der Waals surface area contributed by atoms with Gasteiger partial charge in [0.15, 0.2) is 0 Å². The predicted molar refractivity (Wildman–Crippen MR) is 107 cm³/mol. The molecule has 12 heteroatoms. The Balaban J connectivity index is 0.000000360. The lowest BCUT2D eigenvalue weighted by atomic mass is 9.80. The summed E-state index contributed by atoms with van der Waals surface area (Å²) >= 11 is 0. The molecule has 4 heterocycles. The van der Waals surface area contributed by atoms with E-state index in [0.29, 0.717) is 6.61 Å². The van der Waals surface area contributed by atoms with E-state index in [1.165, 1.54) is 11.3 Å². The van der Waals surface area contributed by atoms with Gasteiger partial charge in [-0.25, -0.2) is 14.8 Å². The standard InChI is InChI=1S/C18H25N5O2.C2HF3O2/c1-12-15(13(2)25-21-12)8-23-6-5-18(10-23)11-24-9-14-7-19-17(22(3)4)20-16(14)18;3-2(4,5)1(6)7/h7H,5-6,8-11H2,1-4H3;(H,6,7). The van der Waals surface area contributed by atoms with Crippen LogP contribution in [0.2, 0.25) is 0 Å². The van der Waals surface area contributed by atoms with Crippen molar-refractivity contribution in [2.24, 2.45) is 0 Å². The predicted octanol–water partition coefficient (Wildman–Crippen LogP) is 2.45. The van der Waals surface area contributed by atoms with E-state index in [4.69, 9.17) is 24.1 Å². The third-order valence-electron chi connectivity index (χ3n) is 5.63. The maximum atomic E-state index is 10.6. The lowest BCUT2D eigenvalue weighted by molar-refractivity contribution is -0.192. The van der Waals surface area contributed by atoms with Crippen LogP contribution in [0.5, 0.6) is 0 Å². The number of likely N-dealkylation sites (tertiary alicyclic amines) is 1. The average molecular weight is 457 g/mol. The molecule has 0 radical (unpaired) electrons. The number of carboxylic acids is 1. The van der Waals surface area contributed by atoms with Crippen LogP contribution in [0.3, 0.4) is 0 Å². The van der Waals surface area contributed by atoms with Crippen LogP contribution in [0.25, 0.3) is 0 Å². The molecule has 32 heavy (non-hydrogen) atoms. The summed E-state index contributed by atoms with van der Waals surface area (Å²) in [4.78, 5) is 22.7. The van der Waals surface area contributed by atoms with E-state index >= 15 is 0 Å². The Kier molecular flexibility index (Phi) is 6.75. The lowest BCUT2D eigenvalue weighted by Crippen LogP contribution is -2.40. The highest BCUT2D eigenvalue weighted by Crippen LogP contribution is 2.40. The van der Waals surface area contributed by atoms with Crippen molar-refractivity contribution in [3.8, 4) is 0 Å². The molecule has 2 aliphatic rings. The number of aliphatic carboxylic acids is 1. The van der Waals surface area contributed by atoms with Gasteiger partial charge < -0.3 is 19.3 Å². The second kappa shape index (κ2) is 9.02. The molecule has 1 atom stereocenters. The molecule has 9 nitrogen and oxygen atoms in total. The van der Waals surface area contributed by atoms with E-state index in [-0.39, 0.29) is 5.41 Å². The normalized spacial score (nSPS) is 20.6. The van der Waals surface area contributed by atoms with E-state index in [2.05, 4.69) is 15.0 Å². The van der Waals surface area contributed by atoms with E-state index in [1.54, 1.807) is 0 Å². The first-order valence-corrected chi connectivity index (χ1v) is 9.98. The maximum absolute atomic E-state index is 10.6. The van der Waals surface area contributed by atoms with Crippen LogP contribution in [0.4, 0.5) is 19.1 Å². The molecular formula is C20H26F3N5O4. The average Bonchev–Trinajstić information content (AvgIpc) is 3.26. The number of alkyl halides is 3. The third kappa shape index (κ3) is 5.01. The molecule has 2 aromatic rings. The second-order valence-corrected chi connectivity index (χ2v) is 8.28. The zero-order valence-corrected chi connectivity index (χ0v) is 18.4. The van der Waals surface area contributed by atoms with Gasteiger partial charge in [0.2, 0.25) is 5.95 Å². The lowest BCUT2D eigenvalue weighted by Gasteiger charge is -2.34. The summed E-state index contributed by atoms with van der Waals surface area (Å²) in [5, 5.41) is 11.2. The molecule has 1 N–H and O–H groups in total. The summed E-state index contributed by atoms with van der Waals surface area (Å²) in [7, 11) is 3.96.